The minimum Gasteiger partial charge on any atom is -0.444 e. The molecule has 6 fully saturated rings. The molecule has 3 saturated heterocycles. The van der Waals surface area contributed by atoms with Crippen LogP contribution in [0.25, 0.3) is 0 Å². The molecule has 136 heavy (non-hydrogen) atoms. The highest BCUT2D eigenvalue weighted by atomic mass is 16.6. The lowest BCUT2D eigenvalue weighted by atomic mass is 9.88. The summed E-state index contributed by atoms with van der Waals surface area (Å²) in [5.41, 5.74) is 15.8. The van der Waals surface area contributed by atoms with Gasteiger partial charge in [-0.2, -0.15) is 0 Å². The van der Waals surface area contributed by atoms with Crippen LogP contribution in [0.2, 0.25) is 0 Å². The van der Waals surface area contributed by atoms with Gasteiger partial charge in [-0.15, -0.1) is 0 Å². The van der Waals surface area contributed by atoms with Crippen molar-refractivity contribution in [3.8, 4) is 35.5 Å². The maximum Gasteiger partial charge on any atom is 0.410 e. The van der Waals surface area contributed by atoms with Crippen molar-refractivity contribution >= 4 is 47.2 Å². The monoisotopic (exact) mass is 1870 g/mol. The van der Waals surface area contributed by atoms with E-state index in [1.54, 1.807) is 12.0 Å². The summed E-state index contributed by atoms with van der Waals surface area (Å²) in [6.45, 7) is 45.9. The third-order valence-corrected chi connectivity index (χ3v) is 27.0. The van der Waals surface area contributed by atoms with Gasteiger partial charge in [0, 0.05) is 227 Å². The lowest BCUT2D eigenvalue weighted by Crippen LogP contribution is -2.46. The number of hydrogen-bond acceptors (Lipinski definition) is 22. The van der Waals surface area contributed by atoms with Gasteiger partial charge in [0.1, 0.15) is 18.5 Å². The van der Waals surface area contributed by atoms with Crippen LogP contribution in [0.1, 0.15) is 234 Å². The van der Waals surface area contributed by atoms with Crippen LogP contribution in [0, 0.1) is 97.8 Å². The highest BCUT2D eigenvalue weighted by Crippen LogP contribution is 2.38. The van der Waals surface area contributed by atoms with Crippen molar-refractivity contribution in [1.29, 1.82) is 0 Å². The molecule has 3 aromatic carbocycles. The molecule has 29 heteroatoms. The molecule has 3 saturated carbocycles. The first-order valence-corrected chi connectivity index (χ1v) is 49.0. The largest absolute Gasteiger partial charge is 0.444 e. The Morgan fingerprint density at radius 2 is 0.765 bits per heavy atom. The maximum atomic E-state index is 13.8. The van der Waals surface area contributed by atoms with Crippen molar-refractivity contribution < 1.29 is 52.4 Å². The fraction of sp³-hybridized carbons (Fsp3) is 0.589. The molecular formula is C107H155N15O14. The van der Waals surface area contributed by atoms with Gasteiger partial charge in [0.15, 0.2) is 0 Å². The molecule has 0 atom stereocenters. The molecule has 0 bridgehead atoms. The molecule has 742 valence electrons. The second kappa shape index (κ2) is 54.6. The van der Waals surface area contributed by atoms with E-state index < -0.39 is 5.60 Å². The van der Waals surface area contributed by atoms with Crippen LogP contribution in [-0.4, -0.2) is 285 Å². The number of rotatable bonds is 29. The number of nitrogens with one attached hydrogen (secondary N) is 7. The topological polar surface area (TPSA) is 313 Å². The van der Waals surface area contributed by atoms with Gasteiger partial charge in [-0.25, -0.2) is 4.79 Å². The Balaban J connectivity index is 0.000000223. The summed E-state index contributed by atoms with van der Waals surface area (Å²) in [6.07, 6.45) is 13.0. The van der Waals surface area contributed by atoms with Gasteiger partial charge >= 0.3 is 6.09 Å². The van der Waals surface area contributed by atoms with E-state index in [0.29, 0.717) is 96.7 Å². The van der Waals surface area contributed by atoms with E-state index in [1.807, 2.05) is 134 Å². The minimum absolute atomic E-state index is 0.119. The first kappa shape index (κ1) is 109. The molecule has 6 aliphatic rings. The molecule has 6 heterocycles. The lowest BCUT2D eigenvalue weighted by Gasteiger charge is -2.41. The number of hydrogen-bond donors (Lipinski definition) is 7. The SMILES string of the molecule is CCN(c1cc(C#CCN2CCOCC2)cc(C(=O)NCc2c(C)cc(C)[nH]c2=O)c1C)C1CCC(N(C)C(=O)OC(C)(C)C)CC1.CCN(c1cc(C#CCN2CCOCC2)cc(C(=O)NCc2c(C)cc(C)[nH]c2=O)c1C)C1CCC(N(C)CCOC)CC1.CCN(c1cc(C#CCN2CCOCC2)cc(C(=O)NCc2c(C)cc(C)[nH]c2=O)c1C)C1CCC(NC)CC1.COCC=O. The molecule has 29 nitrogen and oxygen atoms in total. The molecule has 7 N–H and O–H groups in total. The number of aromatic nitrogens is 3. The van der Waals surface area contributed by atoms with Crippen molar-refractivity contribution in [3.63, 3.8) is 0 Å². The summed E-state index contributed by atoms with van der Waals surface area (Å²) < 4.78 is 31.6. The van der Waals surface area contributed by atoms with E-state index in [1.165, 1.54) is 7.11 Å². The lowest BCUT2D eigenvalue weighted by molar-refractivity contribution is -0.111. The number of amides is 4. The van der Waals surface area contributed by atoms with Crippen molar-refractivity contribution in [2.45, 2.75) is 242 Å². The Morgan fingerprint density at radius 1 is 0.456 bits per heavy atom. The quantitative estimate of drug-likeness (QED) is 0.0169. The van der Waals surface area contributed by atoms with E-state index in [0.717, 1.165) is 260 Å². The number of morpholine rings is 3. The molecule has 12 rings (SSSR count). The summed E-state index contributed by atoms with van der Waals surface area (Å²) >= 11 is 0. The molecule has 3 aliphatic heterocycles. The van der Waals surface area contributed by atoms with Crippen LogP contribution in [-0.2, 0) is 52.8 Å². The summed E-state index contributed by atoms with van der Waals surface area (Å²) in [4.78, 5) is 128. The Morgan fingerprint density at radius 3 is 1.04 bits per heavy atom. The number of likely N-dealkylation sites (N-methyl/N-ethyl adjacent to an activating group) is 1. The number of nitrogens with zero attached hydrogens (tertiary/aromatic N) is 8. The van der Waals surface area contributed by atoms with Gasteiger partial charge in [-0.1, -0.05) is 35.5 Å². The average Bonchev–Trinajstić information content (AvgIpc) is 0.776. The molecule has 6 aromatic rings. The first-order chi connectivity index (χ1) is 65.2. The highest BCUT2D eigenvalue weighted by molar-refractivity contribution is 5.99. The highest BCUT2D eigenvalue weighted by Gasteiger charge is 2.35. The number of benzene rings is 3. The van der Waals surface area contributed by atoms with Gasteiger partial charge in [0.05, 0.1) is 65.9 Å². The third kappa shape index (κ3) is 32.3. The van der Waals surface area contributed by atoms with Crippen LogP contribution in [0.4, 0.5) is 21.9 Å². The van der Waals surface area contributed by atoms with Crippen LogP contribution in [0.15, 0.2) is 69.0 Å². The Hall–Kier alpha value is -10.5. The van der Waals surface area contributed by atoms with Gasteiger partial charge in [0.2, 0.25) is 0 Å². The van der Waals surface area contributed by atoms with Crippen molar-refractivity contribution in [2.75, 3.05) is 188 Å². The van der Waals surface area contributed by atoms with E-state index in [9.17, 15) is 38.4 Å². The predicted octanol–water partition coefficient (Wildman–Crippen LogP) is 11.7. The number of carbonyl (C=O) groups excluding carboxylic acids is 5. The minimum atomic E-state index is -0.534. The summed E-state index contributed by atoms with van der Waals surface area (Å²) in [6, 6.07) is 20.2. The standard InChI is InChI=1S/C37H53N5O5.C35H51N5O4.C32H45N5O3.C3H6O2/c1-9-42(30-14-12-29(13-15-30)40(8)36(45)47-37(5,6)7)33-23-28(11-10-16-41-17-19-46-20-18-41)22-31(27(33)4)34(43)38-24-32-25(2)21-26(3)39-35(32)44;1-7-40(30-12-10-29(11-13-30)38(5)15-18-43-6)33-23-28(9-8-14-39-16-19-44-20-17-39)22-31(27(33)4)34(41)36-24-32-25(2)21-26(3)37-35(32)42;1-6-37(27-11-9-26(33-5)10-12-27)30-20-25(8-7-13-36-14-16-40-17-15-36)19-28(24(30)4)31(38)34-21-29-22(2)18-23(3)35-32(29)39;1-5-3-2-4/h21-23,29-30H,9,12-20,24H2,1-8H3,(H,38,43)(H,39,44);21-23,29-30H,7,10-20,24H2,1-6H3,(H,36,41)(H,37,42);18-20,26-27,33H,6,9-17,21H2,1-5H3,(H,34,38)(H,35,39);2H,3H2,1H3. The van der Waals surface area contributed by atoms with Gasteiger partial charge < -0.3 is 93.9 Å². The number of carbonyl (C=O) groups is 5. The Kier molecular flexibility index (Phi) is 43.9. The zero-order chi connectivity index (χ0) is 98.7. The normalized spacial score (nSPS) is 18.6. The molecule has 0 unspecified atom stereocenters. The van der Waals surface area contributed by atoms with E-state index >= 15 is 0 Å². The second-order valence-electron chi connectivity index (χ2n) is 37.7. The summed E-state index contributed by atoms with van der Waals surface area (Å²) in [7, 11) is 9.31. The van der Waals surface area contributed by atoms with Gasteiger partial charge in [0.25, 0.3) is 34.4 Å². The number of aryl methyl sites for hydroxylation is 6. The van der Waals surface area contributed by atoms with E-state index in [2.05, 4.69) is 157 Å². The molecule has 3 aromatic heterocycles. The fourth-order valence-corrected chi connectivity index (χ4v) is 19.1. The number of aldehydes is 1. The molecule has 0 spiro atoms. The van der Waals surface area contributed by atoms with E-state index in [4.69, 9.17) is 23.7 Å². The predicted molar refractivity (Wildman–Crippen MR) is 542 cm³/mol. The fourth-order valence-electron chi connectivity index (χ4n) is 19.1. The van der Waals surface area contributed by atoms with Crippen molar-refractivity contribution in [2.24, 2.45) is 0 Å². The van der Waals surface area contributed by atoms with Gasteiger partial charge in [-0.3, -0.25) is 43.5 Å². The summed E-state index contributed by atoms with van der Waals surface area (Å²) in [5, 5.41) is 12.5. The first-order valence-electron chi connectivity index (χ1n) is 49.0. The number of anilines is 3. The number of pyridine rings is 3. The third-order valence-electron chi connectivity index (χ3n) is 27.0. The molecule has 3 aliphatic carbocycles. The van der Waals surface area contributed by atoms with Crippen molar-refractivity contribution in [1.82, 2.24) is 60.7 Å². The molecule has 0 radical (unpaired) electrons. The second-order valence-corrected chi connectivity index (χ2v) is 37.7. The summed E-state index contributed by atoms with van der Waals surface area (Å²) in [5.74, 6) is 19.4. The zero-order valence-corrected chi connectivity index (χ0v) is 85.0. The number of aromatic amines is 3. The number of ether oxygens (including phenoxy) is 6. The Labute approximate surface area is 808 Å². The Bertz CT molecular complexity index is 5330. The van der Waals surface area contributed by atoms with Crippen LogP contribution in [0.5, 0.6) is 0 Å². The number of H-pyrrole nitrogens is 3. The smallest absolute Gasteiger partial charge is 0.410 e. The van der Waals surface area contributed by atoms with Crippen LogP contribution < -0.4 is 52.6 Å². The van der Waals surface area contributed by atoms with E-state index in [-0.39, 0.29) is 78.8 Å². The van der Waals surface area contributed by atoms with Gasteiger partial charge in [-0.05, 0) is 283 Å². The van der Waals surface area contributed by atoms with Crippen molar-refractivity contribution in [3.05, 3.63) is 186 Å². The molecular weight excluding hydrogens is 1720 g/mol. The molecule has 4 amide bonds. The average molecular weight is 1880 g/mol. The zero-order valence-electron chi connectivity index (χ0n) is 85.0. The maximum absolute atomic E-state index is 13.8. The number of methoxy groups -OCH3 is 2. The van der Waals surface area contributed by atoms with Crippen LogP contribution in [0.3, 0.4) is 0 Å². The van der Waals surface area contributed by atoms with Crippen LogP contribution >= 0.6 is 0 Å².